The molecule has 3 saturated carbocycles. The van der Waals surface area contributed by atoms with Gasteiger partial charge in [0, 0.05) is 19.6 Å². The molecule has 4 fully saturated rings. The van der Waals surface area contributed by atoms with Gasteiger partial charge in [-0.25, -0.2) is 9.38 Å². The third-order valence-corrected chi connectivity index (χ3v) is 6.43. The van der Waals surface area contributed by atoms with Gasteiger partial charge in [-0.15, -0.1) is 0 Å². The SMILES string of the molecule is C[C@@H]1[C@@H](N=C(N)N2CCNCC2CF)C[C@H]2C[C@@H]1C2(C)C. The lowest BCUT2D eigenvalue weighted by atomic mass is 9.45. The van der Waals surface area contributed by atoms with Crippen molar-refractivity contribution in [1.29, 1.82) is 0 Å². The number of piperazine rings is 1. The first-order valence-corrected chi connectivity index (χ1v) is 8.31. The topological polar surface area (TPSA) is 53.6 Å². The van der Waals surface area contributed by atoms with Crippen molar-refractivity contribution in [3.63, 3.8) is 0 Å². The molecule has 0 spiro atoms. The number of rotatable bonds is 2. The van der Waals surface area contributed by atoms with Gasteiger partial charge in [-0.05, 0) is 36.0 Å². The van der Waals surface area contributed by atoms with Crippen LogP contribution in [0.15, 0.2) is 4.99 Å². The highest BCUT2D eigenvalue weighted by Crippen LogP contribution is 2.61. The molecule has 120 valence electrons. The highest BCUT2D eigenvalue weighted by atomic mass is 19.1. The predicted octanol–water partition coefficient (Wildman–Crippen LogP) is 1.62. The Hall–Kier alpha value is -0.840. The van der Waals surface area contributed by atoms with Crippen LogP contribution in [-0.4, -0.2) is 49.3 Å². The summed E-state index contributed by atoms with van der Waals surface area (Å²) >= 11 is 0. The number of hydrogen-bond donors (Lipinski definition) is 2. The second kappa shape index (κ2) is 5.41. The zero-order chi connectivity index (χ0) is 15.2. The Morgan fingerprint density at radius 3 is 2.81 bits per heavy atom. The minimum atomic E-state index is -0.373. The van der Waals surface area contributed by atoms with Gasteiger partial charge in [-0.1, -0.05) is 20.8 Å². The first-order chi connectivity index (χ1) is 9.95. The Balaban J connectivity index is 1.70. The van der Waals surface area contributed by atoms with Crippen molar-refractivity contribution in [2.75, 3.05) is 26.3 Å². The van der Waals surface area contributed by atoms with Crippen molar-refractivity contribution < 1.29 is 4.39 Å². The second-order valence-electron chi connectivity index (χ2n) is 7.72. The van der Waals surface area contributed by atoms with E-state index in [2.05, 4.69) is 26.1 Å². The van der Waals surface area contributed by atoms with E-state index in [1.807, 2.05) is 4.90 Å². The van der Waals surface area contributed by atoms with Crippen LogP contribution in [0.25, 0.3) is 0 Å². The van der Waals surface area contributed by atoms with Gasteiger partial charge in [-0.2, -0.15) is 0 Å². The second-order valence-corrected chi connectivity index (χ2v) is 7.72. The molecular weight excluding hydrogens is 267 g/mol. The normalized spacial score (nSPS) is 42.6. The molecule has 0 aromatic heterocycles. The highest BCUT2D eigenvalue weighted by Gasteiger charge is 2.56. The standard InChI is InChI=1S/C16H29FN4/c1-10-13-6-11(16(13,2)3)7-14(10)20-15(18)21-5-4-19-9-12(21)8-17/h10-14,19H,4-9H2,1-3H3,(H2,18,20)/t10-,11+,12?,13-,14-/m0/s1. The largest absolute Gasteiger partial charge is 0.370 e. The molecule has 0 radical (unpaired) electrons. The zero-order valence-corrected chi connectivity index (χ0v) is 13.5. The number of fused-ring (bicyclic) bond motifs is 2. The van der Waals surface area contributed by atoms with Gasteiger partial charge >= 0.3 is 0 Å². The number of aliphatic imine (C=N–C) groups is 1. The summed E-state index contributed by atoms with van der Waals surface area (Å²) in [7, 11) is 0. The van der Waals surface area contributed by atoms with Crippen LogP contribution in [-0.2, 0) is 0 Å². The smallest absolute Gasteiger partial charge is 0.191 e. The fourth-order valence-electron chi connectivity index (χ4n) is 4.74. The van der Waals surface area contributed by atoms with E-state index in [0.29, 0.717) is 29.9 Å². The Bertz CT molecular complexity index is 423. The molecule has 4 aliphatic rings. The Kier molecular flexibility index (Phi) is 3.89. The fourth-order valence-corrected chi connectivity index (χ4v) is 4.74. The maximum Gasteiger partial charge on any atom is 0.191 e. The van der Waals surface area contributed by atoms with Crippen molar-refractivity contribution in [3.05, 3.63) is 0 Å². The van der Waals surface area contributed by atoms with E-state index in [-0.39, 0.29) is 12.7 Å². The lowest BCUT2D eigenvalue weighted by molar-refractivity contribution is -0.108. The molecule has 5 heteroatoms. The van der Waals surface area contributed by atoms with Crippen LogP contribution in [0.3, 0.4) is 0 Å². The maximum atomic E-state index is 13.1. The highest BCUT2D eigenvalue weighted by molar-refractivity contribution is 5.78. The average molecular weight is 296 g/mol. The van der Waals surface area contributed by atoms with Crippen LogP contribution in [0, 0.1) is 23.2 Å². The minimum absolute atomic E-state index is 0.160. The number of halogens is 1. The minimum Gasteiger partial charge on any atom is -0.370 e. The van der Waals surface area contributed by atoms with Crippen LogP contribution < -0.4 is 11.1 Å². The molecular formula is C16H29FN4. The first-order valence-electron chi connectivity index (χ1n) is 8.31. The van der Waals surface area contributed by atoms with Crippen LogP contribution in [0.2, 0.25) is 0 Å². The van der Waals surface area contributed by atoms with Gasteiger partial charge < -0.3 is 16.0 Å². The Labute approximate surface area is 127 Å². The molecule has 2 bridgehead atoms. The van der Waals surface area contributed by atoms with E-state index < -0.39 is 0 Å². The molecule has 1 unspecified atom stereocenters. The molecule has 1 aliphatic heterocycles. The molecule has 3 aliphatic carbocycles. The Morgan fingerprint density at radius 2 is 2.19 bits per heavy atom. The third-order valence-electron chi connectivity index (χ3n) is 6.43. The van der Waals surface area contributed by atoms with Crippen LogP contribution >= 0.6 is 0 Å². The summed E-state index contributed by atoms with van der Waals surface area (Å²) in [6.45, 7) is 8.98. The van der Waals surface area contributed by atoms with Crippen LogP contribution in [0.4, 0.5) is 4.39 Å². The van der Waals surface area contributed by atoms with Crippen molar-refractivity contribution in [1.82, 2.24) is 10.2 Å². The van der Waals surface area contributed by atoms with Crippen molar-refractivity contribution >= 4 is 5.96 Å². The van der Waals surface area contributed by atoms with E-state index in [9.17, 15) is 4.39 Å². The summed E-state index contributed by atoms with van der Waals surface area (Å²) in [5.41, 5.74) is 6.69. The summed E-state index contributed by atoms with van der Waals surface area (Å²) in [5.74, 6) is 2.67. The van der Waals surface area contributed by atoms with Gasteiger partial charge in [0.25, 0.3) is 0 Å². The lowest BCUT2D eigenvalue weighted by Crippen LogP contribution is -2.59. The van der Waals surface area contributed by atoms with E-state index >= 15 is 0 Å². The Morgan fingerprint density at radius 1 is 1.43 bits per heavy atom. The van der Waals surface area contributed by atoms with Gasteiger partial charge in [-0.3, -0.25) is 0 Å². The zero-order valence-electron chi connectivity index (χ0n) is 13.5. The summed E-state index contributed by atoms with van der Waals surface area (Å²) in [4.78, 5) is 6.76. The van der Waals surface area contributed by atoms with Crippen LogP contribution in [0.1, 0.15) is 33.6 Å². The number of hydrogen-bond acceptors (Lipinski definition) is 2. The molecule has 1 saturated heterocycles. The summed E-state index contributed by atoms with van der Waals surface area (Å²) < 4.78 is 13.1. The summed E-state index contributed by atoms with van der Waals surface area (Å²) in [6, 6.07) is 0.157. The molecule has 0 amide bonds. The first kappa shape index (κ1) is 15.1. The number of nitrogens with two attached hydrogens (primary N) is 1. The van der Waals surface area contributed by atoms with Gasteiger partial charge in [0.05, 0.1) is 12.1 Å². The molecule has 1 heterocycles. The summed E-state index contributed by atoms with van der Waals surface area (Å²) in [5, 5.41) is 3.22. The fraction of sp³-hybridized carbons (Fsp3) is 0.938. The van der Waals surface area contributed by atoms with Crippen molar-refractivity contribution in [3.8, 4) is 0 Å². The number of alkyl halides is 1. The van der Waals surface area contributed by atoms with Gasteiger partial charge in [0.1, 0.15) is 6.67 Å². The molecule has 3 N–H and O–H groups in total. The third kappa shape index (κ3) is 2.43. The maximum absolute atomic E-state index is 13.1. The number of nitrogens with zero attached hydrogens (tertiary/aromatic N) is 2. The van der Waals surface area contributed by atoms with Crippen LogP contribution in [0.5, 0.6) is 0 Å². The molecule has 21 heavy (non-hydrogen) atoms. The van der Waals surface area contributed by atoms with E-state index in [0.717, 1.165) is 31.3 Å². The number of guanidine groups is 1. The van der Waals surface area contributed by atoms with E-state index in [4.69, 9.17) is 10.7 Å². The average Bonchev–Trinajstić information content (AvgIpc) is 2.48. The molecule has 0 aromatic carbocycles. The van der Waals surface area contributed by atoms with Gasteiger partial charge in [0.2, 0.25) is 0 Å². The monoisotopic (exact) mass is 296 g/mol. The lowest BCUT2D eigenvalue weighted by Gasteiger charge is -2.61. The molecule has 4 nitrogen and oxygen atoms in total. The molecule has 4 rings (SSSR count). The molecule has 5 atom stereocenters. The van der Waals surface area contributed by atoms with Crippen molar-refractivity contribution in [2.45, 2.75) is 45.7 Å². The van der Waals surface area contributed by atoms with Gasteiger partial charge in [0.15, 0.2) is 5.96 Å². The molecule has 0 aromatic rings. The van der Waals surface area contributed by atoms with E-state index in [1.54, 1.807) is 0 Å². The number of nitrogens with one attached hydrogen (secondary N) is 1. The predicted molar refractivity (Wildman–Crippen MR) is 83.9 cm³/mol. The van der Waals surface area contributed by atoms with Crippen molar-refractivity contribution in [2.24, 2.45) is 33.9 Å². The summed E-state index contributed by atoms with van der Waals surface area (Å²) in [6.07, 6.45) is 2.48. The van der Waals surface area contributed by atoms with E-state index in [1.165, 1.54) is 6.42 Å². The quantitative estimate of drug-likeness (QED) is 0.601.